The van der Waals surface area contributed by atoms with Gasteiger partial charge in [-0.05, 0) is 18.2 Å². The highest BCUT2D eigenvalue weighted by Crippen LogP contribution is 2.35. The summed E-state index contributed by atoms with van der Waals surface area (Å²) in [6.07, 6.45) is 0. The molecule has 0 aliphatic heterocycles. The minimum Gasteiger partial charge on any atom is -0.385 e. The van der Waals surface area contributed by atoms with Crippen LogP contribution in [0.3, 0.4) is 0 Å². The molecule has 7 nitrogen and oxygen atoms in total. The molecule has 3 N–H and O–H groups in total. The van der Waals surface area contributed by atoms with E-state index in [0.717, 1.165) is 12.1 Å². The number of hydrogen-bond acceptors (Lipinski definition) is 6. The van der Waals surface area contributed by atoms with Crippen LogP contribution in [-0.4, -0.2) is 13.3 Å². The van der Waals surface area contributed by atoms with E-state index >= 15 is 0 Å². The maximum Gasteiger partial charge on any atom is 0.304 e. The summed E-state index contributed by atoms with van der Waals surface area (Å²) in [5, 5.41) is 10.3. The average Bonchev–Trinajstić information content (AvgIpc) is 2.77. The van der Waals surface area contributed by atoms with Crippen LogP contribution < -0.4 is 10.5 Å². The van der Waals surface area contributed by atoms with Crippen LogP contribution in [0.5, 0.6) is 0 Å². The smallest absolute Gasteiger partial charge is 0.304 e. The molecule has 0 amide bonds. The minimum atomic E-state index is -4.10. The SMILES string of the molecule is Nc1sc(S(=O)(=O)Nc2ccc(Cl)c(F)c2)cc1[N+](=O)[O-]. The highest BCUT2D eigenvalue weighted by atomic mass is 35.5. The van der Waals surface area contributed by atoms with Gasteiger partial charge in [-0.1, -0.05) is 22.9 Å². The third-order valence-corrected chi connectivity index (χ3v) is 5.47. The van der Waals surface area contributed by atoms with Gasteiger partial charge in [0.1, 0.15) is 10.0 Å². The molecule has 1 aromatic carbocycles. The highest BCUT2D eigenvalue weighted by molar-refractivity contribution is 7.94. The maximum atomic E-state index is 13.3. The van der Waals surface area contributed by atoms with Crippen molar-refractivity contribution in [1.82, 2.24) is 0 Å². The van der Waals surface area contributed by atoms with Crippen LogP contribution in [0.15, 0.2) is 28.5 Å². The molecule has 112 valence electrons. The summed E-state index contributed by atoms with van der Waals surface area (Å²) in [6.45, 7) is 0. The molecule has 0 aliphatic rings. The standard InChI is InChI=1S/C10H7ClFN3O4S2/c11-6-2-1-5(3-7(6)12)14-21(18,19)9-4-8(15(16)17)10(13)20-9/h1-4,14H,13H2. The molecule has 0 saturated carbocycles. The fourth-order valence-corrected chi connectivity index (χ4v) is 3.79. The molecule has 0 aliphatic carbocycles. The number of anilines is 2. The predicted octanol–water partition coefficient (Wildman–Crippen LogP) is 2.83. The second-order valence-corrected chi connectivity index (χ2v) is 7.21. The van der Waals surface area contributed by atoms with E-state index in [1.807, 2.05) is 0 Å². The Bertz CT molecular complexity index is 822. The van der Waals surface area contributed by atoms with Gasteiger partial charge in [0, 0.05) is 6.07 Å². The molecule has 11 heteroatoms. The summed E-state index contributed by atoms with van der Waals surface area (Å²) in [7, 11) is -4.10. The summed E-state index contributed by atoms with van der Waals surface area (Å²) in [5.74, 6) is -0.798. The highest BCUT2D eigenvalue weighted by Gasteiger charge is 2.25. The van der Waals surface area contributed by atoms with Gasteiger partial charge >= 0.3 is 5.69 Å². The van der Waals surface area contributed by atoms with Crippen molar-refractivity contribution >= 4 is 49.3 Å². The van der Waals surface area contributed by atoms with E-state index in [4.69, 9.17) is 17.3 Å². The van der Waals surface area contributed by atoms with E-state index in [1.165, 1.54) is 12.1 Å². The first-order valence-corrected chi connectivity index (χ1v) is 7.90. The van der Waals surface area contributed by atoms with Crippen molar-refractivity contribution in [3.05, 3.63) is 45.2 Å². The number of nitro groups is 1. The molecule has 0 saturated heterocycles. The number of rotatable bonds is 4. The second kappa shape index (κ2) is 5.47. The van der Waals surface area contributed by atoms with Crippen LogP contribution in [0.4, 0.5) is 20.8 Å². The monoisotopic (exact) mass is 351 g/mol. The number of nitrogens with two attached hydrogens (primary N) is 1. The Labute approximate surface area is 127 Å². The lowest BCUT2D eigenvalue weighted by molar-refractivity contribution is -0.383. The van der Waals surface area contributed by atoms with E-state index < -0.39 is 26.5 Å². The van der Waals surface area contributed by atoms with Gasteiger partial charge in [-0.25, -0.2) is 12.8 Å². The summed E-state index contributed by atoms with van der Waals surface area (Å²) in [5.41, 5.74) is 4.82. The number of nitrogen functional groups attached to an aromatic ring is 1. The molecule has 2 rings (SSSR count). The van der Waals surface area contributed by atoms with Gasteiger partial charge in [-0.15, -0.1) is 0 Å². The van der Waals surface area contributed by atoms with E-state index in [2.05, 4.69) is 4.72 Å². The fraction of sp³-hybridized carbons (Fsp3) is 0. The van der Waals surface area contributed by atoms with Gasteiger partial charge in [0.15, 0.2) is 5.00 Å². The largest absolute Gasteiger partial charge is 0.385 e. The average molecular weight is 352 g/mol. The van der Waals surface area contributed by atoms with Crippen molar-refractivity contribution in [3.63, 3.8) is 0 Å². The Hall–Kier alpha value is -1.91. The van der Waals surface area contributed by atoms with Gasteiger partial charge in [-0.3, -0.25) is 14.8 Å². The summed E-state index contributed by atoms with van der Waals surface area (Å²) in [6, 6.07) is 4.17. The van der Waals surface area contributed by atoms with Crippen LogP contribution in [0.25, 0.3) is 0 Å². The van der Waals surface area contributed by atoms with Crippen LogP contribution in [0, 0.1) is 15.9 Å². The minimum absolute atomic E-state index is 0.0634. The van der Waals surface area contributed by atoms with E-state index in [1.54, 1.807) is 0 Å². The van der Waals surface area contributed by atoms with E-state index in [0.29, 0.717) is 11.3 Å². The van der Waals surface area contributed by atoms with Gasteiger partial charge in [0.25, 0.3) is 10.0 Å². The van der Waals surface area contributed by atoms with Crippen LogP contribution in [0.2, 0.25) is 5.02 Å². The lowest BCUT2D eigenvalue weighted by atomic mass is 10.3. The molecule has 0 atom stereocenters. The van der Waals surface area contributed by atoms with Gasteiger partial charge < -0.3 is 5.73 Å². The van der Waals surface area contributed by atoms with Crippen molar-refractivity contribution in [2.45, 2.75) is 4.21 Å². The number of thiophene rings is 1. The summed E-state index contributed by atoms with van der Waals surface area (Å²) in [4.78, 5) is 9.87. The summed E-state index contributed by atoms with van der Waals surface area (Å²) >= 11 is 6.03. The molecule has 0 spiro atoms. The molecule has 0 radical (unpaired) electrons. The Morgan fingerprint density at radius 1 is 1.38 bits per heavy atom. The lowest BCUT2D eigenvalue weighted by Crippen LogP contribution is -2.11. The number of hydrogen-bond donors (Lipinski definition) is 2. The first-order chi connectivity index (χ1) is 9.70. The van der Waals surface area contributed by atoms with Crippen molar-refractivity contribution in [3.8, 4) is 0 Å². The van der Waals surface area contributed by atoms with Crippen molar-refractivity contribution in [2.75, 3.05) is 10.5 Å². The molecule has 1 heterocycles. The Morgan fingerprint density at radius 3 is 2.57 bits per heavy atom. The molecule has 1 aromatic heterocycles. The van der Waals surface area contributed by atoms with Gasteiger partial charge in [0.2, 0.25) is 0 Å². The summed E-state index contributed by atoms with van der Waals surface area (Å²) < 4.78 is 39.1. The van der Waals surface area contributed by atoms with Gasteiger partial charge in [-0.2, -0.15) is 0 Å². The molecular weight excluding hydrogens is 345 g/mol. The zero-order valence-corrected chi connectivity index (χ0v) is 12.4. The van der Waals surface area contributed by atoms with E-state index in [9.17, 15) is 22.9 Å². The molecule has 0 unspecified atom stereocenters. The topological polar surface area (TPSA) is 115 Å². The molecule has 0 fully saturated rings. The third-order valence-electron chi connectivity index (χ3n) is 2.35. The zero-order valence-electron chi connectivity index (χ0n) is 10.0. The molecule has 21 heavy (non-hydrogen) atoms. The van der Waals surface area contributed by atoms with Crippen molar-refractivity contribution in [1.29, 1.82) is 0 Å². The van der Waals surface area contributed by atoms with Crippen LogP contribution >= 0.6 is 22.9 Å². The second-order valence-electron chi connectivity index (χ2n) is 3.81. The molecule has 2 aromatic rings. The Morgan fingerprint density at radius 2 is 2.05 bits per heavy atom. The number of sulfonamides is 1. The normalized spacial score (nSPS) is 11.3. The van der Waals surface area contributed by atoms with E-state index in [-0.39, 0.29) is 19.9 Å². The number of halogens is 2. The number of nitrogens with zero attached hydrogens (tertiary/aromatic N) is 1. The molecule has 0 bridgehead atoms. The zero-order chi connectivity index (χ0) is 15.8. The first-order valence-electron chi connectivity index (χ1n) is 5.22. The number of benzene rings is 1. The lowest BCUT2D eigenvalue weighted by Gasteiger charge is -2.06. The molecular formula is C10H7ClFN3O4S2. The maximum absolute atomic E-state index is 13.3. The van der Waals surface area contributed by atoms with Crippen LogP contribution in [-0.2, 0) is 10.0 Å². The Balaban J connectivity index is 2.36. The van der Waals surface area contributed by atoms with Crippen LogP contribution in [0.1, 0.15) is 0 Å². The fourth-order valence-electron chi connectivity index (χ4n) is 1.41. The Kier molecular flexibility index (Phi) is 4.03. The van der Waals surface area contributed by atoms with Gasteiger partial charge in [0.05, 0.1) is 15.6 Å². The quantitative estimate of drug-likeness (QED) is 0.649. The third kappa shape index (κ3) is 3.23. The number of nitrogens with one attached hydrogen (secondary N) is 1. The van der Waals surface area contributed by atoms with Crippen molar-refractivity contribution < 1.29 is 17.7 Å². The van der Waals surface area contributed by atoms with Crippen molar-refractivity contribution in [2.24, 2.45) is 0 Å². The predicted molar refractivity (Wildman–Crippen MR) is 77.6 cm³/mol. The first kappa shape index (κ1) is 15.5.